The number of carbonyl (C=O) groups excluding carboxylic acids is 1. The molecule has 1 heterocycles. The number of hydrogen-bond donors (Lipinski definition) is 1. The van der Waals surface area contributed by atoms with Gasteiger partial charge in [0.15, 0.2) is 0 Å². The van der Waals surface area contributed by atoms with E-state index in [-0.39, 0.29) is 11.7 Å². The number of amidine groups is 1. The van der Waals surface area contributed by atoms with E-state index >= 15 is 0 Å². The molecule has 3 rings (SSSR count). The van der Waals surface area contributed by atoms with Crippen LogP contribution in [-0.4, -0.2) is 18.9 Å². The van der Waals surface area contributed by atoms with Crippen LogP contribution in [0.2, 0.25) is 0 Å². The van der Waals surface area contributed by atoms with Crippen LogP contribution >= 0.6 is 0 Å². The molecule has 0 bridgehead atoms. The van der Waals surface area contributed by atoms with Crippen LogP contribution in [-0.2, 0) is 11.2 Å². The first kappa shape index (κ1) is 18.8. The van der Waals surface area contributed by atoms with Gasteiger partial charge in [-0.3, -0.25) is 4.79 Å². The Hall–Kier alpha value is -2.95. The van der Waals surface area contributed by atoms with Crippen molar-refractivity contribution in [2.45, 2.75) is 32.6 Å². The van der Waals surface area contributed by atoms with Gasteiger partial charge in [0.2, 0.25) is 0 Å². The summed E-state index contributed by atoms with van der Waals surface area (Å²) in [6.45, 7) is 4.20. The quantitative estimate of drug-likeness (QED) is 0.768. The lowest BCUT2D eigenvalue weighted by atomic mass is 9.99. The number of aliphatic imine (C=N–C) groups is 1. The van der Waals surface area contributed by atoms with Crippen LogP contribution < -0.4 is 10.1 Å². The predicted molar refractivity (Wildman–Crippen MR) is 105 cm³/mol. The third kappa shape index (κ3) is 4.61. The van der Waals surface area contributed by atoms with Gasteiger partial charge in [-0.25, -0.2) is 9.38 Å². The van der Waals surface area contributed by atoms with Crippen molar-refractivity contribution in [3.05, 3.63) is 70.7 Å². The number of aryl methyl sites for hydroxylation is 1. The van der Waals surface area contributed by atoms with Gasteiger partial charge in [-0.15, -0.1) is 0 Å². The molecule has 0 spiro atoms. The summed E-state index contributed by atoms with van der Waals surface area (Å²) in [7, 11) is 1.65. The first-order valence-corrected chi connectivity index (χ1v) is 8.99. The molecule has 0 fully saturated rings. The number of nitrogens with one attached hydrogen (secondary N) is 1. The van der Waals surface area contributed by atoms with E-state index in [1.807, 2.05) is 18.2 Å². The maximum atomic E-state index is 13.0. The minimum Gasteiger partial charge on any atom is -0.496 e. The zero-order valence-electron chi connectivity index (χ0n) is 15.8. The molecule has 2 aromatic carbocycles. The van der Waals surface area contributed by atoms with Crippen molar-refractivity contribution >= 4 is 17.8 Å². The minimum atomic E-state index is -0.254. The van der Waals surface area contributed by atoms with E-state index in [2.05, 4.69) is 24.2 Å². The van der Waals surface area contributed by atoms with E-state index in [0.717, 1.165) is 22.4 Å². The number of methoxy groups -OCH3 is 1. The maximum Gasteiger partial charge on any atom is 0.275 e. The van der Waals surface area contributed by atoms with Crippen LogP contribution in [0.3, 0.4) is 0 Å². The summed E-state index contributed by atoms with van der Waals surface area (Å²) in [6.07, 6.45) is 3.06. The monoisotopic (exact) mass is 366 g/mol. The zero-order chi connectivity index (χ0) is 19.4. The third-order valence-corrected chi connectivity index (χ3v) is 4.49. The Kier molecular flexibility index (Phi) is 5.69. The maximum absolute atomic E-state index is 13.0. The molecule has 140 valence electrons. The van der Waals surface area contributed by atoms with Crippen molar-refractivity contribution < 1.29 is 13.9 Å². The highest BCUT2D eigenvalue weighted by Crippen LogP contribution is 2.28. The molecule has 0 saturated heterocycles. The lowest BCUT2D eigenvalue weighted by molar-refractivity contribution is -0.115. The van der Waals surface area contributed by atoms with Gasteiger partial charge in [0, 0.05) is 6.42 Å². The molecule has 0 radical (unpaired) electrons. The van der Waals surface area contributed by atoms with E-state index in [4.69, 9.17) is 4.74 Å². The van der Waals surface area contributed by atoms with Crippen molar-refractivity contribution in [2.75, 3.05) is 7.11 Å². The number of carbonyl (C=O) groups is 1. The molecule has 2 aromatic rings. The first-order chi connectivity index (χ1) is 13.0. The smallest absolute Gasteiger partial charge is 0.275 e. The highest BCUT2D eigenvalue weighted by atomic mass is 19.1. The molecule has 1 amide bonds. The standard InChI is InChI=1S/C22H23FN2O2/c1-14(2)18-12-16(6-10-20(18)27-3)13-19-22(26)25-21(24-19)11-7-15-4-8-17(23)9-5-15/h4-6,8-10,12-14H,7,11H2,1-3H3,(H,24,25,26)/b19-13+. The highest BCUT2D eigenvalue weighted by molar-refractivity contribution is 6.14. The van der Waals surface area contributed by atoms with Crippen molar-refractivity contribution in [3.8, 4) is 5.75 Å². The Morgan fingerprint density at radius 2 is 1.89 bits per heavy atom. The Morgan fingerprint density at radius 3 is 2.56 bits per heavy atom. The fraction of sp³-hybridized carbons (Fsp3) is 0.273. The summed E-state index contributed by atoms with van der Waals surface area (Å²) >= 11 is 0. The Labute approximate surface area is 158 Å². The van der Waals surface area contributed by atoms with Crippen molar-refractivity contribution in [1.82, 2.24) is 5.32 Å². The average Bonchev–Trinajstić information content (AvgIpc) is 3.00. The summed E-state index contributed by atoms with van der Waals surface area (Å²) in [5, 5.41) is 2.81. The Morgan fingerprint density at radius 1 is 1.15 bits per heavy atom. The molecule has 0 unspecified atom stereocenters. The summed E-state index contributed by atoms with van der Waals surface area (Å²) in [5.74, 6) is 1.33. The second kappa shape index (κ2) is 8.16. The fourth-order valence-electron chi connectivity index (χ4n) is 3.00. The predicted octanol–water partition coefficient (Wildman–Crippen LogP) is 4.46. The van der Waals surface area contributed by atoms with Gasteiger partial charge in [-0.1, -0.05) is 32.0 Å². The number of amides is 1. The highest BCUT2D eigenvalue weighted by Gasteiger charge is 2.20. The van der Waals surface area contributed by atoms with Crippen LogP contribution in [0, 0.1) is 5.82 Å². The topological polar surface area (TPSA) is 50.7 Å². The van der Waals surface area contributed by atoms with E-state index < -0.39 is 0 Å². The molecule has 0 aliphatic carbocycles. The van der Waals surface area contributed by atoms with Gasteiger partial charge in [-0.2, -0.15) is 0 Å². The van der Waals surface area contributed by atoms with Gasteiger partial charge in [0.25, 0.3) is 5.91 Å². The molecule has 1 aliphatic rings. The largest absolute Gasteiger partial charge is 0.496 e. The van der Waals surface area contributed by atoms with Gasteiger partial charge in [0.1, 0.15) is 23.1 Å². The molecule has 1 N–H and O–H groups in total. The van der Waals surface area contributed by atoms with Crippen LogP contribution in [0.15, 0.2) is 53.2 Å². The second-order valence-electron chi connectivity index (χ2n) is 6.82. The third-order valence-electron chi connectivity index (χ3n) is 4.49. The van der Waals surface area contributed by atoms with Crippen LogP contribution in [0.5, 0.6) is 5.75 Å². The number of nitrogens with zero attached hydrogens (tertiary/aromatic N) is 1. The number of hydrogen-bond acceptors (Lipinski definition) is 3. The summed E-state index contributed by atoms with van der Waals surface area (Å²) in [5.41, 5.74) is 3.39. The average molecular weight is 366 g/mol. The van der Waals surface area contributed by atoms with E-state index in [1.54, 1.807) is 25.3 Å². The summed E-state index contributed by atoms with van der Waals surface area (Å²) < 4.78 is 18.4. The SMILES string of the molecule is COc1ccc(/C=C2/N=C(CCc3ccc(F)cc3)NC2=O)cc1C(C)C. The van der Waals surface area contributed by atoms with Crippen molar-refractivity contribution in [1.29, 1.82) is 0 Å². The molecular formula is C22H23FN2O2. The number of halogens is 1. The van der Waals surface area contributed by atoms with Crippen LogP contribution in [0.1, 0.15) is 42.9 Å². The number of rotatable bonds is 6. The van der Waals surface area contributed by atoms with Gasteiger partial charge < -0.3 is 10.1 Å². The summed E-state index contributed by atoms with van der Waals surface area (Å²) in [4.78, 5) is 16.6. The van der Waals surface area contributed by atoms with E-state index in [0.29, 0.717) is 30.3 Å². The van der Waals surface area contributed by atoms with Gasteiger partial charge in [0.05, 0.1) is 7.11 Å². The van der Waals surface area contributed by atoms with Crippen molar-refractivity contribution in [2.24, 2.45) is 4.99 Å². The summed E-state index contributed by atoms with van der Waals surface area (Å²) in [6, 6.07) is 12.2. The van der Waals surface area contributed by atoms with Gasteiger partial charge in [-0.05, 0) is 59.4 Å². The van der Waals surface area contributed by atoms with Crippen LogP contribution in [0.4, 0.5) is 4.39 Å². The molecule has 0 atom stereocenters. The Bertz CT molecular complexity index is 899. The number of benzene rings is 2. The molecule has 0 saturated carbocycles. The van der Waals surface area contributed by atoms with E-state index in [9.17, 15) is 9.18 Å². The van der Waals surface area contributed by atoms with Gasteiger partial charge >= 0.3 is 0 Å². The Balaban J connectivity index is 1.75. The molecule has 4 nitrogen and oxygen atoms in total. The fourth-order valence-corrected chi connectivity index (χ4v) is 3.00. The lowest BCUT2D eigenvalue weighted by Crippen LogP contribution is -2.24. The molecule has 5 heteroatoms. The molecule has 27 heavy (non-hydrogen) atoms. The minimum absolute atomic E-state index is 0.203. The number of ether oxygens (including phenoxy) is 1. The lowest BCUT2D eigenvalue weighted by Gasteiger charge is -2.12. The molecule has 0 aromatic heterocycles. The second-order valence-corrected chi connectivity index (χ2v) is 6.82. The normalized spacial score (nSPS) is 15.2. The first-order valence-electron chi connectivity index (χ1n) is 8.99. The van der Waals surface area contributed by atoms with E-state index in [1.165, 1.54) is 12.1 Å². The molecule has 1 aliphatic heterocycles. The van der Waals surface area contributed by atoms with Crippen LogP contribution in [0.25, 0.3) is 6.08 Å². The molecular weight excluding hydrogens is 343 g/mol. The zero-order valence-corrected chi connectivity index (χ0v) is 15.8. The van der Waals surface area contributed by atoms with Crippen molar-refractivity contribution in [3.63, 3.8) is 0 Å².